The van der Waals surface area contributed by atoms with Gasteiger partial charge in [0.15, 0.2) is 0 Å². The fourth-order valence-electron chi connectivity index (χ4n) is 2.05. The molecule has 2 aromatic rings. The molecule has 2 nitrogen and oxygen atoms in total. The average molecular weight is 282 g/mol. The lowest BCUT2D eigenvalue weighted by Gasteiger charge is -2.22. The molecule has 0 saturated heterocycles. The summed E-state index contributed by atoms with van der Waals surface area (Å²) in [5.41, 5.74) is 8.90. The number of aliphatic hydroxyl groups excluding tert-OH is 1. The maximum absolute atomic E-state index is 10.5. The zero-order chi connectivity index (χ0) is 13.1. The first-order chi connectivity index (χ1) is 8.63. The summed E-state index contributed by atoms with van der Waals surface area (Å²) >= 11 is 7.47. The standard InChI is InChI=1S/C14H16ClNOS/c1-9-7-18-8-13(9)14(17)12(6-16)10-2-4-11(15)5-3-10/h2-5,7-8,12,14,17H,6,16H2,1H3. The van der Waals surface area contributed by atoms with Crippen LogP contribution in [-0.4, -0.2) is 11.7 Å². The zero-order valence-corrected chi connectivity index (χ0v) is 11.7. The predicted molar refractivity (Wildman–Crippen MR) is 77.3 cm³/mol. The van der Waals surface area contributed by atoms with Crippen molar-refractivity contribution in [3.8, 4) is 0 Å². The van der Waals surface area contributed by atoms with Gasteiger partial charge in [-0.2, -0.15) is 11.3 Å². The Bertz CT molecular complexity index is 509. The molecule has 96 valence electrons. The SMILES string of the molecule is Cc1cscc1C(O)C(CN)c1ccc(Cl)cc1. The van der Waals surface area contributed by atoms with Crippen molar-refractivity contribution in [2.75, 3.05) is 6.54 Å². The lowest BCUT2D eigenvalue weighted by molar-refractivity contribution is 0.147. The van der Waals surface area contributed by atoms with Crippen LogP contribution in [-0.2, 0) is 0 Å². The van der Waals surface area contributed by atoms with Gasteiger partial charge in [-0.25, -0.2) is 0 Å². The van der Waals surface area contributed by atoms with E-state index in [-0.39, 0.29) is 5.92 Å². The summed E-state index contributed by atoms with van der Waals surface area (Å²) in [6, 6.07) is 7.50. The summed E-state index contributed by atoms with van der Waals surface area (Å²) in [5, 5.41) is 15.2. The van der Waals surface area contributed by atoms with E-state index in [9.17, 15) is 5.11 Å². The van der Waals surface area contributed by atoms with E-state index >= 15 is 0 Å². The molecule has 0 radical (unpaired) electrons. The molecule has 0 aliphatic carbocycles. The largest absolute Gasteiger partial charge is 0.388 e. The molecule has 0 amide bonds. The number of nitrogens with two attached hydrogens (primary N) is 1. The normalized spacial score (nSPS) is 14.4. The van der Waals surface area contributed by atoms with Gasteiger partial charge in [-0.05, 0) is 46.5 Å². The van der Waals surface area contributed by atoms with Crippen LogP contribution in [0, 0.1) is 6.92 Å². The number of benzene rings is 1. The Morgan fingerprint density at radius 3 is 2.44 bits per heavy atom. The van der Waals surface area contributed by atoms with Crippen molar-refractivity contribution in [2.45, 2.75) is 18.9 Å². The zero-order valence-electron chi connectivity index (χ0n) is 10.1. The lowest BCUT2D eigenvalue weighted by atomic mass is 9.89. The second kappa shape index (κ2) is 5.85. The van der Waals surface area contributed by atoms with Gasteiger partial charge in [0, 0.05) is 17.5 Å². The number of hydrogen-bond donors (Lipinski definition) is 2. The number of thiophene rings is 1. The predicted octanol–water partition coefficient (Wildman–Crippen LogP) is 3.49. The summed E-state index contributed by atoms with van der Waals surface area (Å²) in [5.74, 6) is -0.101. The van der Waals surface area contributed by atoms with Crippen LogP contribution in [0.25, 0.3) is 0 Å². The van der Waals surface area contributed by atoms with Crippen molar-refractivity contribution in [3.05, 3.63) is 56.7 Å². The molecule has 0 fully saturated rings. The number of aryl methyl sites for hydroxylation is 1. The number of aliphatic hydroxyl groups is 1. The van der Waals surface area contributed by atoms with Gasteiger partial charge in [0.05, 0.1) is 6.10 Å². The Hall–Kier alpha value is -0.870. The highest BCUT2D eigenvalue weighted by Crippen LogP contribution is 2.33. The minimum Gasteiger partial charge on any atom is -0.388 e. The molecular weight excluding hydrogens is 266 g/mol. The molecule has 0 spiro atoms. The third-order valence-electron chi connectivity index (χ3n) is 3.15. The molecule has 1 aromatic heterocycles. The minimum atomic E-state index is -0.567. The van der Waals surface area contributed by atoms with Gasteiger partial charge in [-0.15, -0.1) is 0 Å². The second-order valence-corrected chi connectivity index (χ2v) is 5.53. The van der Waals surface area contributed by atoms with Gasteiger partial charge in [0.25, 0.3) is 0 Å². The molecule has 4 heteroatoms. The van der Waals surface area contributed by atoms with Crippen molar-refractivity contribution in [2.24, 2.45) is 5.73 Å². The third kappa shape index (κ3) is 2.75. The van der Waals surface area contributed by atoms with Gasteiger partial charge in [0.1, 0.15) is 0 Å². The van der Waals surface area contributed by atoms with E-state index in [1.54, 1.807) is 11.3 Å². The van der Waals surface area contributed by atoms with Crippen molar-refractivity contribution in [1.29, 1.82) is 0 Å². The Morgan fingerprint density at radius 2 is 1.94 bits per heavy atom. The molecule has 1 aromatic carbocycles. The first-order valence-corrected chi connectivity index (χ1v) is 7.12. The highest BCUT2D eigenvalue weighted by Gasteiger charge is 2.23. The molecule has 2 rings (SSSR count). The maximum Gasteiger partial charge on any atom is 0.0881 e. The van der Waals surface area contributed by atoms with Gasteiger partial charge >= 0.3 is 0 Å². The molecule has 0 bridgehead atoms. The van der Waals surface area contributed by atoms with Crippen LogP contribution in [0.2, 0.25) is 5.02 Å². The molecule has 0 aliphatic rings. The summed E-state index contributed by atoms with van der Waals surface area (Å²) in [6.45, 7) is 2.41. The molecule has 2 atom stereocenters. The summed E-state index contributed by atoms with van der Waals surface area (Å²) in [7, 11) is 0. The highest BCUT2D eigenvalue weighted by atomic mass is 35.5. The lowest BCUT2D eigenvalue weighted by Crippen LogP contribution is -2.20. The van der Waals surface area contributed by atoms with Crippen LogP contribution >= 0.6 is 22.9 Å². The topological polar surface area (TPSA) is 46.2 Å². The number of hydrogen-bond acceptors (Lipinski definition) is 3. The molecule has 18 heavy (non-hydrogen) atoms. The Kier molecular flexibility index (Phi) is 4.40. The number of halogens is 1. The van der Waals surface area contributed by atoms with Crippen LogP contribution < -0.4 is 5.73 Å². The Morgan fingerprint density at radius 1 is 1.28 bits per heavy atom. The van der Waals surface area contributed by atoms with E-state index < -0.39 is 6.10 Å². The number of rotatable bonds is 4. The third-order valence-corrected chi connectivity index (χ3v) is 4.28. The van der Waals surface area contributed by atoms with Crippen molar-refractivity contribution < 1.29 is 5.11 Å². The molecule has 2 unspecified atom stereocenters. The average Bonchev–Trinajstić information content (AvgIpc) is 2.78. The molecule has 3 N–H and O–H groups in total. The van der Waals surface area contributed by atoms with E-state index in [4.69, 9.17) is 17.3 Å². The molecule has 0 saturated carbocycles. The molecule has 0 aliphatic heterocycles. The minimum absolute atomic E-state index is 0.101. The first kappa shape index (κ1) is 13.6. The molecular formula is C14H16ClNOS. The van der Waals surface area contributed by atoms with Crippen molar-refractivity contribution >= 4 is 22.9 Å². The van der Waals surface area contributed by atoms with Gasteiger partial charge < -0.3 is 10.8 Å². The van der Waals surface area contributed by atoms with Crippen LogP contribution in [0.3, 0.4) is 0 Å². The van der Waals surface area contributed by atoms with Crippen LogP contribution in [0.1, 0.15) is 28.7 Å². The fourth-order valence-corrected chi connectivity index (χ4v) is 3.05. The van der Waals surface area contributed by atoms with Gasteiger partial charge in [0.2, 0.25) is 0 Å². The fraction of sp³-hybridized carbons (Fsp3) is 0.286. The first-order valence-electron chi connectivity index (χ1n) is 5.79. The summed E-state index contributed by atoms with van der Waals surface area (Å²) in [4.78, 5) is 0. The van der Waals surface area contributed by atoms with Crippen LogP contribution in [0.15, 0.2) is 35.0 Å². The molecule has 1 heterocycles. The van der Waals surface area contributed by atoms with E-state index in [1.165, 1.54) is 0 Å². The smallest absolute Gasteiger partial charge is 0.0881 e. The Labute approximate surface area is 116 Å². The van der Waals surface area contributed by atoms with Crippen molar-refractivity contribution in [3.63, 3.8) is 0 Å². The van der Waals surface area contributed by atoms with Gasteiger partial charge in [-0.3, -0.25) is 0 Å². The summed E-state index contributed by atoms with van der Waals surface area (Å²) < 4.78 is 0. The van der Waals surface area contributed by atoms with Crippen LogP contribution in [0.4, 0.5) is 0 Å². The van der Waals surface area contributed by atoms with E-state index in [0.717, 1.165) is 16.7 Å². The Balaban J connectivity index is 2.28. The van der Waals surface area contributed by atoms with E-state index in [2.05, 4.69) is 0 Å². The monoisotopic (exact) mass is 281 g/mol. The summed E-state index contributed by atoms with van der Waals surface area (Å²) in [6.07, 6.45) is -0.567. The van der Waals surface area contributed by atoms with Crippen LogP contribution in [0.5, 0.6) is 0 Å². The van der Waals surface area contributed by atoms with E-state index in [1.807, 2.05) is 41.9 Å². The van der Waals surface area contributed by atoms with E-state index in [0.29, 0.717) is 11.6 Å². The van der Waals surface area contributed by atoms with Gasteiger partial charge in [-0.1, -0.05) is 23.7 Å². The maximum atomic E-state index is 10.5. The van der Waals surface area contributed by atoms with Crippen molar-refractivity contribution in [1.82, 2.24) is 0 Å². The second-order valence-electron chi connectivity index (χ2n) is 4.35. The quantitative estimate of drug-likeness (QED) is 0.901. The highest BCUT2D eigenvalue weighted by molar-refractivity contribution is 7.08.